The van der Waals surface area contributed by atoms with Crippen molar-refractivity contribution in [3.63, 3.8) is 0 Å². The number of hydrazine groups is 2. The van der Waals surface area contributed by atoms with E-state index in [2.05, 4.69) is 11.0 Å². The van der Waals surface area contributed by atoms with Crippen LogP contribution in [-0.4, -0.2) is 66.0 Å². The predicted molar refractivity (Wildman–Crippen MR) is 97.8 cm³/mol. The lowest BCUT2D eigenvalue weighted by Crippen LogP contribution is -2.70. The molecule has 170 valence electrons. The molecule has 9 nitrogen and oxygen atoms in total. The molecule has 0 spiro atoms. The molecule has 1 aromatic rings. The van der Waals surface area contributed by atoms with E-state index in [1.54, 1.807) is 13.8 Å². The lowest BCUT2D eigenvalue weighted by Gasteiger charge is -2.51. The Morgan fingerprint density at radius 2 is 1.97 bits per heavy atom. The molecule has 0 saturated carbocycles. The molecule has 5 atom stereocenters. The second kappa shape index (κ2) is 7.95. The summed E-state index contributed by atoms with van der Waals surface area (Å²) in [6, 6.07) is 0.777. The Balaban J connectivity index is 1.67. The normalized spacial score (nSPS) is 32.2. The van der Waals surface area contributed by atoms with Crippen molar-refractivity contribution in [2.75, 3.05) is 13.7 Å². The highest BCUT2D eigenvalue weighted by Gasteiger charge is 2.55. The molecule has 0 amide bonds. The molecule has 0 aromatic heterocycles. The average Bonchev–Trinajstić information content (AvgIpc) is 3.19. The fraction of sp³-hybridized carbons (Fsp3) is 0.526. The first-order chi connectivity index (χ1) is 14.6. The average molecular weight is 445 g/mol. The van der Waals surface area contributed by atoms with Crippen molar-refractivity contribution < 1.29 is 42.0 Å². The number of esters is 1. The zero-order chi connectivity index (χ0) is 22.5. The number of methoxy groups -OCH3 is 1. The number of aliphatic hydroxyl groups is 1. The number of halogens is 3. The van der Waals surface area contributed by atoms with Crippen LogP contribution in [0.2, 0.25) is 0 Å². The third-order valence-corrected chi connectivity index (χ3v) is 5.34. The van der Waals surface area contributed by atoms with E-state index in [1.807, 2.05) is 0 Å². The topological polar surface area (TPSA) is 102 Å². The van der Waals surface area contributed by atoms with Crippen LogP contribution in [0.4, 0.5) is 13.2 Å². The van der Waals surface area contributed by atoms with Gasteiger partial charge in [-0.3, -0.25) is 5.01 Å². The van der Waals surface area contributed by atoms with Crippen LogP contribution < -0.4 is 11.0 Å². The van der Waals surface area contributed by atoms with Gasteiger partial charge in [0.15, 0.2) is 29.3 Å². The monoisotopic (exact) mass is 445 g/mol. The largest absolute Gasteiger partial charge is 0.467 e. The maximum absolute atomic E-state index is 13.6. The van der Waals surface area contributed by atoms with Gasteiger partial charge in [0.25, 0.3) is 0 Å². The van der Waals surface area contributed by atoms with Crippen molar-refractivity contribution in [3.05, 3.63) is 41.3 Å². The quantitative estimate of drug-likeness (QED) is 0.455. The Kier molecular flexibility index (Phi) is 5.60. The SMILES string of the molecule is COC(=O)[C@@H]1O[C@@H]2COC(C)(C)O[C@@H]2[C@H](N2C=C(c3cc(F)c(F)c(F)c3)NN2)[C@H]1O. The van der Waals surface area contributed by atoms with Crippen LogP contribution >= 0.6 is 0 Å². The van der Waals surface area contributed by atoms with Gasteiger partial charge in [-0.2, -0.15) is 0 Å². The van der Waals surface area contributed by atoms with Gasteiger partial charge in [-0.05, 0) is 26.0 Å². The molecule has 0 aliphatic carbocycles. The van der Waals surface area contributed by atoms with Gasteiger partial charge in [-0.25, -0.2) is 18.0 Å². The minimum atomic E-state index is -1.58. The molecule has 3 heterocycles. The van der Waals surface area contributed by atoms with Crippen LogP contribution in [0.25, 0.3) is 5.70 Å². The highest BCUT2D eigenvalue weighted by atomic mass is 19.2. The number of fused-ring (bicyclic) bond motifs is 1. The van der Waals surface area contributed by atoms with Gasteiger partial charge in [0, 0.05) is 11.8 Å². The molecule has 4 rings (SSSR count). The van der Waals surface area contributed by atoms with E-state index in [0.29, 0.717) is 0 Å². The van der Waals surface area contributed by atoms with Gasteiger partial charge >= 0.3 is 5.97 Å². The summed E-state index contributed by atoms with van der Waals surface area (Å²) in [7, 11) is 1.17. The van der Waals surface area contributed by atoms with E-state index in [1.165, 1.54) is 18.3 Å². The fourth-order valence-electron chi connectivity index (χ4n) is 3.84. The van der Waals surface area contributed by atoms with Crippen LogP contribution in [0.1, 0.15) is 19.4 Å². The van der Waals surface area contributed by atoms with Crippen LogP contribution in [0, 0.1) is 17.5 Å². The Morgan fingerprint density at radius 1 is 1.29 bits per heavy atom. The minimum absolute atomic E-state index is 0.0299. The minimum Gasteiger partial charge on any atom is -0.467 e. The van der Waals surface area contributed by atoms with Gasteiger partial charge in [-0.1, -0.05) is 0 Å². The number of nitrogens with zero attached hydrogens (tertiary/aromatic N) is 1. The Bertz CT molecular complexity index is 891. The third kappa shape index (κ3) is 3.96. The van der Waals surface area contributed by atoms with Crippen molar-refractivity contribution in [3.8, 4) is 0 Å². The Hall–Kier alpha value is -2.38. The second-order valence-corrected chi connectivity index (χ2v) is 7.83. The highest BCUT2D eigenvalue weighted by molar-refractivity contribution is 5.75. The van der Waals surface area contributed by atoms with E-state index in [0.717, 1.165) is 12.1 Å². The summed E-state index contributed by atoms with van der Waals surface area (Å²) >= 11 is 0. The summed E-state index contributed by atoms with van der Waals surface area (Å²) in [5.74, 6) is -6.03. The molecule has 2 fully saturated rings. The number of carbonyl (C=O) groups is 1. The molecule has 2 saturated heterocycles. The molecule has 3 N–H and O–H groups in total. The Labute approximate surface area is 175 Å². The molecule has 0 bridgehead atoms. The van der Waals surface area contributed by atoms with E-state index in [-0.39, 0.29) is 17.9 Å². The summed E-state index contributed by atoms with van der Waals surface area (Å²) in [6.07, 6.45) is -2.74. The molecule has 3 aliphatic heterocycles. The first-order valence-electron chi connectivity index (χ1n) is 9.51. The van der Waals surface area contributed by atoms with Gasteiger partial charge in [-0.15, -0.1) is 5.53 Å². The maximum Gasteiger partial charge on any atom is 0.337 e. The summed E-state index contributed by atoms with van der Waals surface area (Å²) in [4.78, 5) is 12.2. The predicted octanol–water partition coefficient (Wildman–Crippen LogP) is 0.548. The zero-order valence-corrected chi connectivity index (χ0v) is 16.9. The maximum atomic E-state index is 13.6. The molecule has 0 radical (unpaired) electrons. The molecule has 3 aliphatic rings. The number of hydrogen-bond donors (Lipinski definition) is 3. The van der Waals surface area contributed by atoms with Gasteiger partial charge in [0.2, 0.25) is 0 Å². The van der Waals surface area contributed by atoms with Gasteiger partial charge in [0.05, 0.1) is 19.4 Å². The Morgan fingerprint density at radius 3 is 2.61 bits per heavy atom. The van der Waals surface area contributed by atoms with E-state index in [4.69, 9.17) is 18.9 Å². The summed E-state index contributed by atoms with van der Waals surface area (Å²) in [5, 5.41) is 12.3. The highest BCUT2D eigenvalue weighted by Crippen LogP contribution is 2.35. The standard InChI is InChI=1S/C19H22F3N3O6/c1-19(2)29-7-12-16(31-19)14(15(26)17(30-12)18(27)28-3)25-6-11(23-24-25)8-4-9(20)13(22)10(21)5-8/h4-6,12,14-17,23-24,26H,7H2,1-3H3/t12-,14-,15-,16+,17-/m1/s1. The number of hydrogen-bond acceptors (Lipinski definition) is 9. The second-order valence-electron chi connectivity index (χ2n) is 7.83. The molecule has 1 aromatic carbocycles. The number of nitrogens with one attached hydrogen (secondary N) is 2. The number of aliphatic hydroxyl groups excluding tert-OH is 1. The van der Waals surface area contributed by atoms with Crippen LogP contribution in [0.5, 0.6) is 0 Å². The smallest absolute Gasteiger partial charge is 0.337 e. The van der Waals surface area contributed by atoms with Crippen LogP contribution in [-0.2, 0) is 23.7 Å². The lowest BCUT2D eigenvalue weighted by atomic mass is 9.91. The molecular formula is C19H22F3N3O6. The van der Waals surface area contributed by atoms with Gasteiger partial charge in [0.1, 0.15) is 24.4 Å². The van der Waals surface area contributed by atoms with E-state index < -0.39 is 59.7 Å². The number of benzene rings is 1. The third-order valence-electron chi connectivity index (χ3n) is 5.34. The van der Waals surface area contributed by atoms with Crippen molar-refractivity contribution in [2.45, 2.75) is 50.1 Å². The van der Waals surface area contributed by atoms with Crippen LogP contribution in [0.3, 0.4) is 0 Å². The van der Waals surface area contributed by atoms with E-state index >= 15 is 0 Å². The molecule has 0 unspecified atom stereocenters. The molecular weight excluding hydrogens is 423 g/mol. The summed E-state index contributed by atoms with van der Waals surface area (Å²) in [6.45, 7) is 3.49. The van der Waals surface area contributed by atoms with Crippen molar-refractivity contribution in [1.82, 2.24) is 16.0 Å². The van der Waals surface area contributed by atoms with Crippen LogP contribution in [0.15, 0.2) is 18.3 Å². The molecule has 31 heavy (non-hydrogen) atoms. The van der Waals surface area contributed by atoms with Crippen molar-refractivity contribution in [2.24, 2.45) is 0 Å². The zero-order valence-electron chi connectivity index (χ0n) is 16.9. The number of carbonyl (C=O) groups excluding carboxylic acids is 1. The number of rotatable bonds is 3. The summed E-state index contributed by atoms with van der Waals surface area (Å²) < 4.78 is 62.6. The summed E-state index contributed by atoms with van der Waals surface area (Å²) in [5.41, 5.74) is 5.71. The van der Waals surface area contributed by atoms with Gasteiger partial charge < -0.3 is 29.5 Å². The fourth-order valence-corrected chi connectivity index (χ4v) is 3.84. The molecule has 12 heteroatoms. The lowest BCUT2D eigenvalue weighted by molar-refractivity contribution is -0.348. The number of ether oxygens (including phenoxy) is 4. The van der Waals surface area contributed by atoms with Crippen molar-refractivity contribution in [1.29, 1.82) is 0 Å². The first kappa shape index (κ1) is 21.8. The van der Waals surface area contributed by atoms with Crippen molar-refractivity contribution >= 4 is 11.7 Å². The first-order valence-corrected chi connectivity index (χ1v) is 9.51. The van der Waals surface area contributed by atoms with E-state index in [9.17, 15) is 23.1 Å².